The van der Waals surface area contributed by atoms with Gasteiger partial charge in [0.25, 0.3) is 5.91 Å². The maximum atomic E-state index is 11.9. The van der Waals surface area contributed by atoms with Gasteiger partial charge >= 0.3 is 29.6 Å². The van der Waals surface area contributed by atoms with Crippen LogP contribution >= 0.6 is 0 Å². The summed E-state index contributed by atoms with van der Waals surface area (Å²) in [6.45, 7) is 3.86. The molecule has 5 nitrogen and oxygen atoms in total. The Balaban J connectivity index is 0.00000289. The third-order valence-corrected chi connectivity index (χ3v) is 2.81. The Bertz CT molecular complexity index is 380. The van der Waals surface area contributed by atoms with Crippen LogP contribution in [-0.2, 0) is 9.59 Å². The number of hydrogen-bond donors (Lipinski definition) is 1. The van der Waals surface area contributed by atoms with E-state index in [1.807, 2.05) is 19.9 Å². The predicted octanol–water partition coefficient (Wildman–Crippen LogP) is -2.49. The van der Waals surface area contributed by atoms with E-state index < -0.39 is 23.3 Å². The molecule has 0 radical (unpaired) electrons. The number of amides is 2. The van der Waals surface area contributed by atoms with E-state index in [-0.39, 0.29) is 29.6 Å². The van der Waals surface area contributed by atoms with Crippen molar-refractivity contribution in [1.82, 2.24) is 5.32 Å². The molecule has 1 aliphatic rings. The first-order valence-electron chi connectivity index (χ1n) is 5.83. The van der Waals surface area contributed by atoms with Crippen LogP contribution in [0.4, 0.5) is 0 Å². The average Bonchev–Trinajstić information content (AvgIpc) is 2.25. The van der Waals surface area contributed by atoms with Crippen LogP contribution in [0.3, 0.4) is 0 Å². The monoisotopic (exact) mass is 260 g/mol. The summed E-state index contributed by atoms with van der Waals surface area (Å²) < 4.78 is 0. The summed E-state index contributed by atoms with van der Waals surface area (Å²) in [4.78, 5) is 27.1. The van der Waals surface area contributed by atoms with E-state index >= 15 is 0 Å². The van der Waals surface area contributed by atoms with Crippen molar-refractivity contribution in [3.8, 4) is 0 Å². The molecule has 0 aliphatic carbocycles. The summed E-state index contributed by atoms with van der Waals surface area (Å²) in [5.74, 6) is -1.14. The van der Waals surface area contributed by atoms with Gasteiger partial charge in [0.1, 0.15) is 5.41 Å². The molecule has 6 heteroatoms. The number of aliphatic imine (C=N–C) groups is 1. The van der Waals surface area contributed by atoms with Gasteiger partial charge in [0.05, 0.1) is 6.02 Å². The number of carbonyl (C=O) groups excluding carboxylic acids is 2. The number of allylic oxidation sites excluding steroid dienone is 2. The number of nitrogens with one attached hydrogen (secondary N) is 1. The van der Waals surface area contributed by atoms with E-state index in [0.717, 1.165) is 6.42 Å². The molecule has 0 spiro atoms. The standard InChI is InChI=1S/C12H18N2O3.Na/c1-3-5-6-8-12(7-4-2)9(15)13-11(17)14-10(12)16;/h5-6H,3-4,7-8H2,1-2H3,(H2,13,14,15,16,17);/q;+1/p-1. The van der Waals surface area contributed by atoms with Gasteiger partial charge in [0.2, 0.25) is 5.91 Å². The van der Waals surface area contributed by atoms with Gasteiger partial charge < -0.3 is 10.4 Å². The molecule has 1 aliphatic heterocycles. The number of hydrogen-bond acceptors (Lipinski definition) is 3. The fraction of sp³-hybridized carbons (Fsp3) is 0.583. The third kappa shape index (κ3) is 3.67. The molecule has 0 saturated heterocycles. The van der Waals surface area contributed by atoms with Gasteiger partial charge in [-0.3, -0.25) is 9.59 Å². The number of rotatable bonds is 5. The Morgan fingerprint density at radius 1 is 1.33 bits per heavy atom. The Morgan fingerprint density at radius 3 is 2.50 bits per heavy atom. The van der Waals surface area contributed by atoms with Crippen LogP contribution in [0.5, 0.6) is 0 Å². The molecule has 0 aromatic rings. The van der Waals surface area contributed by atoms with Crippen LogP contribution < -0.4 is 40.0 Å². The molecule has 1 atom stereocenters. The van der Waals surface area contributed by atoms with Gasteiger partial charge in [0, 0.05) is 0 Å². The Hall–Kier alpha value is -0.650. The fourth-order valence-electron chi connectivity index (χ4n) is 1.92. The zero-order valence-electron chi connectivity index (χ0n) is 11.2. The van der Waals surface area contributed by atoms with Gasteiger partial charge in [-0.25, -0.2) is 4.99 Å². The molecule has 0 aromatic carbocycles. The number of nitrogens with zero attached hydrogens (tertiary/aromatic N) is 1. The Kier molecular flexibility index (Phi) is 7.43. The molecule has 0 bridgehead atoms. The summed E-state index contributed by atoms with van der Waals surface area (Å²) in [6.07, 6.45) is 5.93. The molecule has 0 saturated carbocycles. The second-order valence-electron chi connectivity index (χ2n) is 4.09. The van der Waals surface area contributed by atoms with Gasteiger partial charge in [-0.15, -0.1) is 0 Å². The molecule has 0 aromatic heterocycles. The first kappa shape index (κ1) is 17.4. The van der Waals surface area contributed by atoms with Crippen molar-refractivity contribution in [1.29, 1.82) is 0 Å². The number of carbonyl (C=O) groups is 2. The van der Waals surface area contributed by atoms with E-state index in [4.69, 9.17) is 0 Å². The largest absolute Gasteiger partial charge is 1.00 e. The molecule has 1 N–H and O–H groups in total. The summed E-state index contributed by atoms with van der Waals surface area (Å²) in [6, 6.07) is -0.855. The summed E-state index contributed by atoms with van der Waals surface area (Å²) >= 11 is 0. The van der Waals surface area contributed by atoms with Crippen molar-refractivity contribution in [3.63, 3.8) is 0 Å². The summed E-state index contributed by atoms with van der Waals surface area (Å²) in [7, 11) is 0. The van der Waals surface area contributed by atoms with E-state index in [9.17, 15) is 14.7 Å². The van der Waals surface area contributed by atoms with Crippen molar-refractivity contribution in [3.05, 3.63) is 12.2 Å². The van der Waals surface area contributed by atoms with Gasteiger partial charge in [0.15, 0.2) is 0 Å². The quantitative estimate of drug-likeness (QED) is 0.337. The van der Waals surface area contributed by atoms with E-state index in [1.54, 1.807) is 6.08 Å². The molecule has 1 unspecified atom stereocenters. The van der Waals surface area contributed by atoms with Gasteiger partial charge in [-0.2, -0.15) is 0 Å². The molecule has 1 heterocycles. The predicted molar refractivity (Wildman–Crippen MR) is 62.0 cm³/mol. The molecular formula is C12H17N2NaO3. The van der Waals surface area contributed by atoms with Crippen LogP contribution in [0, 0.1) is 5.41 Å². The minimum atomic E-state index is -1.19. The Labute approximate surface area is 129 Å². The minimum absolute atomic E-state index is 0. The van der Waals surface area contributed by atoms with Gasteiger partial charge in [-0.1, -0.05) is 32.4 Å². The van der Waals surface area contributed by atoms with Crippen molar-refractivity contribution in [2.24, 2.45) is 10.4 Å². The summed E-state index contributed by atoms with van der Waals surface area (Å²) in [5.41, 5.74) is -1.19. The maximum absolute atomic E-state index is 11.9. The van der Waals surface area contributed by atoms with Crippen LogP contribution in [0.2, 0.25) is 0 Å². The third-order valence-electron chi connectivity index (χ3n) is 2.81. The smallest absolute Gasteiger partial charge is 0.846 e. The topological polar surface area (TPSA) is 81.6 Å². The van der Waals surface area contributed by atoms with Crippen molar-refractivity contribution < 1.29 is 44.3 Å². The van der Waals surface area contributed by atoms with E-state index in [2.05, 4.69) is 10.3 Å². The summed E-state index contributed by atoms with van der Waals surface area (Å²) in [5, 5.41) is 13.1. The van der Waals surface area contributed by atoms with Crippen LogP contribution in [0.15, 0.2) is 17.1 Å². The molecular weight excluding hydrogens is 243 g/mol. The van der Waals surface area contributed by atoms with Crippen LogP contribution in [-0.4, -0.2) is 17.8 Å². The first-order valence-corrected chi connectivity index (χ1v) is 5.83. The first-order chi connectivity index (χ1) is 8.06. The van der Waals surface area contributed by atoms with E-state index in [0.29, 0.717) is 19.3 Å². The molecule has 1 rings (SSSR count). The zero-order chi connectivity index (χ0) is 12.9. The Morgan fingerprint density at radius 2 is 2.00 bits per heavy atom. The van der Waals surface area contributed by atoms with Crippen molar-refractivity contribution >= 4 is 17.8 Å². The SMILES string of the molecule is CCC=CCC1(CCC)C(=O)N=C([O-])NC1=O.[Na+]. The molecule has 0 fully saturated rings. The van der Waals surface area contributed by atoms with Crippen molar-refractivity contribution in [2.75, 3.05) is 0 Å². The molecule has 18 heavy (non-hydrogen) atoms. The van der Waals surface area contributed by atoms with Crippen LogP contribution in [0.25, 0.3) is 0 Å². The van der Waals surface area contributed by atoms with Crippen molar-refractivity contribution in [2.45, 2.75) is 39.5 Å². The zero-order valence-corrected chi connectivity index (χ0v) is 13.2. The molecule has 94 valence electrons. The second kappa shape index (κ2) is 7.71. The van der Waals surface area contributed by atoms with Crippen LogP contribution in [0.1, 0.15) is 39.5 Å². The molecule has 2 amide bonds. The number of amidine groups is 1. The normalized spacial score (nSPS) is 23.6. The van der Waals surface area contributed by atoms with Gasteiger partial charge in [-0.05, 0) is 19.3 Å². The maximum Gasteiger partial charge on any atom is 1.00 e. The fourth-order valence-corrected chi connectivity index (χ4v) is 1.92. The average molecular weight is 260 g/mol. The minimum Gasteiger partial charge on any atom is -0.846 e. The van der Waals surface area contributed by atoms with E-state index in [1.165, 1.54) is 0 Å². The second-order valence-corrected chi connectivity index (χ2v) is 4.09.